The van der Waals surface area contributed by atoms with Gasteiger partial charge in [-0.15, -0.1) is 0 Å². The molecule has 0 saturated heterocycles. The fourth-order valence-electron chi connectivity index (χ4n) is 3.87. The molecule has 0 aromatic heterocycles. The summed E-state index contributed by atoms with van der Waals surface area (Å²) in [4.78, 5) is 63.3. The summed E-state index contributed by atoms with van der Waals surface area (Å²) in [5.74, 6) is 3.39. The summed E-state index contributed by atoms with van der Waals surface area (Å²) >= 11 is 0. The predicted octanol–water partition coefficient (Wildman–Crippen LogP) is 3.01. The molecule has 2 aromatic rings. The molecule has 0 saturated carbocycles. The second-order valence-electron chi connectivity index (χ2n) is 10.6. The first kappa shape index (κ1) is 33.8. The lowest BCUT2D eigenvalue weighted by Crippen LogP contribution is -2.56. The lowest BCUT2D eigenvalue weighted by molar-refractivity contribution is -0.147. The van der Waals surface area contributed by atoms with Crippen molar-refractivity contribution in [3.63, 3.8) is 0 Å². The smallest absolute Gasteiger partial charge is 0.408 e. The van der Waals surface area contributed by atoms with Gasteiger partial charge in [-0.3, -0.25) is 14.4 Å². The zero-order chi connectivity index (χ0) is 31.1. The van der Waals surface area contributed by atoms with Crippen molar-refractivity contribution in [2.75, 3.05) is 6.54 Å². The molecule has 12 heteroatoms. The molecule has 0 heterocycles. The van der Waals surface area contributed by atoms with E-state index in [1.54, 1.807) is 36.4 Å². The molecule has 2 rings (SSSR count). The maximum absolute atomic E-state index is 13.0. The second kappa shape index (κ2) is 17.4. The summed E-state index contributed by atoms with van der Waals surface area (Å²) in [6.45, 7) is 6.84. The van der Waals surface area contributed by atoms with Gasteiger partial charge in [-0.1, -0.05) is 88.4 Å². The molecule has 0 fully saturated rings. The monoisotopic (exact) mass is 583 g/mol. The summed E-state index contributed by atoms with van der Waals surface area (Å²) in [7, 11) is 0. The molecule has 12 nitrogen and oxygen atoms in total. The van der Waals surface area contributed by atoms with Gasteiger partial charge in [0.1, 0.15) is 25.3 Å². The highest BCUT2D eigenvalue weighted by molar-refractivity contribution is 6.00. The number of amides is 5. The number of nitrogens with two attached hydrogens (primary N) is 1. The molecule has 0 spiro atoms. The molecular formula is C30H41N5O7. The molecule has 0 bridgehead atoms. The van der Waals surface area contributed by atoms with Gasteiger partial charge < -0.3 is 25.4 Å². The Morgan fingerprint density at radius 3 is 1.60 bits per heavy atom. The van der Waals surface area contributed by atoms with Gasteiger partial charge >= 0.3 is 12.2 Å². The van der Waals surface area contributed by atoms with Crippen LogP contribution in [0.3, 0.4) is 0 Å². The van der Waals surface area contributed by atoms with Crippen LogP contribution in [0.5, 0.6) is 0 Å². The Bertz CT molecular complexity index is 1180. The van der Waals surface area contributed by atoms with Gasteiger partial charge in [-0.25, -0.2) is 20.4 Å². The number of hydrazine groups is 1. The van der Waals surface area contributed by atoms with Gasteiger partial charge in [0.15, 0.2) is 0 Å². The van der Waals surface area contributed by atoms with Crippen molar-refractivity contribution in [2.24, 2.45) is 17.7 Å². The largest absolute Gasteiger partial charge is 0.445 e. The van der Waals surface area contributed by atoms with E-state index in [-0.39, 0.29) is 37.9 Å². The van der Waals surface area contributed by atoms with Gasteiger partial charge in [0.25, 0.3) is 11.8 Å². The molecule has 0 unspecified atom stereocenters. The minimum atomic E-state index is -1.13. The number of alkyl carbamates (subject to hydrolysis) is 2. The third-order valence-corrected chi connectivity index (χ3v) is 5.96. The maximum atomic E-state index is 13.0. The lowest BCUT2D eigenvalue weighted by Gasteiger charge is -2.24. The van der Waals surface area contributed by atoms with Crippen LogP contribution in [0.4, 0.5) is 9.59 Å². The zero-order valence-electron chi connectivity index (χ0n) is 24.5. The summed E-state index contributed by atoms with van der Waals surface area (Å²) in [6.07, 6.45) is -1.16. The Morgan fingerprint density at radius 1 is 0.714 bits per heavy atom. The topological polar surface area (TPSA) is 169 Å². The standard InChI is InChI=1S/C30H41N5O7/c1-20(2)15-24(33-29(39)41-18-22-11-7-5-8-12-22)27(37)32-17-26(36)35(31)28(38)25(16-21(3)4)34-30(40)42-19-23-13-9-6-10-14-23/h5-14,20-21,24-25H,15-19,31H2,1-4H3,(H,32,37)(H,33,39)(H,34,40)/t24-,25-/m0/s1. The Kier molecular flexibility index (Phi) is 14.0. The second-order valence-corrected chi connectivity index (χ2v) is 10.6. The molecule has 0 radical (unpaired) electrons. The van der Waals surface area contributed by atoms with E-state index in [9.17, 15) is 24.0 Å². The highest BCUT2D eigenvalue weighted by Crippen LogP contribution is 2.09. The number of carbonyl (C=O) groups excluding carboxylic acids is 5. The lowest BCUT2D eigenvalue weighted by atomic mass is 10.0. The van der Waals surface area contributed by atoms with Crippen molar-refractivity contribution < 1.29 is 33.4 Å². The van der Waals surface area contributed by atoms with Crippen LogP contribution >= 0.6 is 0 Å². The third kappa shape index (κ3) is 12.4. The van der Waals surface area contributed by atoms with E-state index in [1.807, 2.05) is 52.0 Å². The van der Waals surface area contributed by atoms with E-state index < -0.39 is 48.5 Å². The summed E-state index contributed by atoms with van der Waals surface area (Å²) in [5.41, 5.74) is 1.55. The molecule has 2 aromatic carbocycles. The zero-order valence-corrected chi connectivity index (χ0v) is 24.5. The SMILES string of the molecule is CC(C)C[C@H](NC(=O)OCc1ccccc1)C(=O)NCC(=O)N(N)C(=O)[C@H](CC(C)C)NC(=O)OCc1ccccc1. The van der Waals surface area contributed by atoms with Crippen LogP contribution in [0.25, 0.3) is 0 Å². The average molecular weight is 584 g/mol. The van der Waals surface area contributed by atoms with Gasteiger partial charge in [0.2, 0.25) is 5.91 Å². The number of hydrogen-bond donors (Lipinski definition) is 4. The quantitative estimate of drug-likeness (QED) is 0.149. The summed E-state index contributed by atoms with van der Waals surface area (Å²) < 4.78 is 10.4. The van der Waals surface area contributed by atoms with Crippen LogP contribution in [0.15, 0.2) is 60.7 Å². The van der Waals surface area contributed by atoms with E-state index in [0.717, 1.165) is 11.1 Å². The molecule has 2 atom stereocenters. The Hall–Kier alpha value is -4.45. The Balaban J connectivity index is 1.92. The van der Waals surface area contributed by atoms with E-state index in [1.165, 1.54) is 0 Å². The fraction of sp³-hybridized carbons (Fsp3) is 0.433. The first-order valence-corrected chi connectivity index (χ1v) is 13.8. The molecule has 228 valence electrons. The van der Waals surface area contributed by atoms with E-state index in [2.05, 4.69) is 16.0 Å². The van der Waals surface area contributed by atoms with Crippen molar-refractivity contribution in [2.45, 2.75) is 65.8 Å². The predicted molar refractivity (Wildman–Crippen MR) is 155 cm³/mol. The van der Waals surface area contributed by atoms with Crippen LogP contribution in [0, 0.1) is 11.8 Å². The number of nitrogens with zero attached hydrogens (tertiary/aromatic N) is 1. The molecule has 5 amide bonds. The number of nitrogens with one attached hydrogen (secondary N) is 3. The highest BCUT2D eigenvalue weighted by Gasteiger charge is 2.30. The number of hydrogen-bond acceptors (Lipinski definition) is 8. The van der Waals surface area contributed by atoms with Gasteiger partial charge in [0, 0.05) is 0 Å². The maximum Gasteiger partial charge on any atom is 0.408 e. The molecule has 0 aliphatic rings. The number of imide groups is 1. The number of benzene rings is 2. The minimum absolute atomic E-state index is 0.00204. The molecule has 5 N–H and O–H groups in total. The Labute approximate surface area is 246 Å². The van der Waals surface area contributed by atoms with Crippen molar-refractivity contribution in [3.05, 3.63) is 71.8 Å². The normalized spacial score (nSPS) is 12.2. The van der Waals surface area contributed by atoms with Gasteiger partial charge in [-0.05, 0) is 35.8 Å². The Morgan fingerprint density at radius 2 is 1.14 bits per heavy atom. The molecular weight excluding hydrogens is 542 g/mol. The van der Waals surface area contributed by atoms with Crippen molar-refractivity contribution in [1.82, 2.24) is 21.0 Å². The summed E-state index contributed by atoms with van der Waals surface area (Å²) in [6, 6.07) is 15.9. The highest BCUT2D eigenvalue weighted by atomic mass is 16.6. The van der Waals surface area contributed by atoms with Crippen molar-refractivity contribution >= 4 is 29.9 Å². The number of ether oxygens (including phenoxy) is 2. The van der Waals surface area contributed by atoms with Crippen LogP contribution in [0.1, 0.15) is 51.7 Å². The van der Waals surface area contributed by atoms with Crippen molar-refractivity contribution in [3.8, 4) is 0 Å². The third-order valence-electron chi connectivity index (χ3n) is 5.96. The van der Waals surface area contributed by atoms with Crippen molar-refractivity contribution in [1.29, 1.82) is 0 Å². The fourth-order valence-corrected chi connectivity index (χ4v) is 3.87. The number of rotatable bonds is 14. The molecule has 0 aliphatic carbocycles. The number of carbonyl (C=O) groups is 5. The van der Waals surface area contributed by atoms with Gasteiger partial charge in [-0.2, -0.15) is 0 Å². The van der Waals surface area contributed by atoms with Gasteiger partial charge in [0.05, 0.1) is 6.54 Å². The van der Waals surface area contributed by atoms with E-state index in [0.29, 0.717) is 5.01 Å². The van der Waals surface area contributed by atoms with E-state index >= 15 is 0 Å². The first-order chi connectivity index (χ1) is 20.0. The van der Waals surface area contributed by atoms with E-state index in [4.69, 9.17) is 15.3 Å². The van der Waals surface area contributed by atoms with Crippen LogP contribution < -0.4 is 21.8 Å². The minimum Gasteiger partial charge on any atom is -0.445 e. The van der Waals surface area contributed by atoms with Crippen LogP contribution in [-0.2, 0) is 37.1 Å². The van der Waals surface area contributed by atoms with Crippen LogP contribution in [-0.4, -0.2) is 53.5 Å². The summed E-state index contributed by atoms with van der Waals surface area (Å²) in [5, 5.41) is 7.77. The van der Waals surface area contributed by atoms with Crippen LogP contribution in [0.2, 0.25) is 0 Å². The molecule has 42 heavy (non-hydrogen) atoms. The first-order valence-electron chi connectivity index (χ1n) is 13.8. The average Bonchev–Trinajstić information content (AvgIpc) is 2.96. The molecule has 0 aliphatic heterocycles.